The molecule has 4 aromatic rings. The van der Waals surface area contributed by atoms with E-state index in [4.69, 9.17) is 32.7 Å². The van der Waals surface area contributed by atoms with Crippen molar-refractivity contribution in [2.45, 2.75) is 19.4 Å². The molecule has 1 aliphatic rings. The summed E-state index contributed by atoms with van der Waals surface area (Å²) in [5, 5.41) is 8.68. The molecular formula is C28H27Cl2N7O2. The fourth-order valence-corrected chi connectivity index (χ4v) is 4.55. The Morgan fingerprint density at radius 3 is 2.38 bits per heavy atom. The second kappa shape index (κ2) is 12.6. The number of methoxy groups -OCH3 is 1. The molecule has 1 saturated heterocycles. The number of nitrogens with one attached hydrogen (secondary N) is 2. The summed E-state index contributed by atoms with van der Waals surface area (Å²) >= 11 is 12.5. The molecule has 2 heterocycles. The van der Waals surface area contributed by atoms with Gasteiger partial charge in [0, 0.05) is 34.4 Å². The van der Waals surface area contributed by atoms with Gasteiger partial charge in [0.05, 0.1) is 13.3 Å². The van der Waals surface area contributed by atoms with Gasteiger partial charge in [-0.15, -0.1) is 0 Å². The molecule has 39 heavy (non-hydrogen) atoms. The minimum atomic E-state index is 0.210. The van der Waals surface area contributed by atoms with Gasteiger partial charge in [0.25, 0.3) is 0 Å². The topological polar surface area (TPSA) is 96.8 Å². The Kier molecular flexibility index (Phi) is 8.60. The van der Waals surface area contributed by atoms with Crippen LogP contribution >= 0.6 is 23.2 Å². The third kappa shape index (κ3) is 6.87. The Morgan fingerprint density at radius 1 is 0.897 bits per heavy atom. The average molecular weight is 564 g/mol. The lowest BCUT2D eigenvalue weighted by molar-refractivity contribution is 0.284. The van der Waals surface area contributed by atoms with Crippen molar-refractivity contribution in [1.29, 1.82) is 0 Å². The number of anilines is 4. The molecule has 0 saturated carbocycles. The highest BCUT2D eigenvalue weighted by molar-refractivity contribution is 6.35. The predicted molar refractivity (Wildman–Crippen MR) is 156 cm³/mol. The molecule has 0 unspecified atom stereocenters. The first-order valence-corrected chi connectivity index (χ1v) is 13.2. The van der Waals surface area contributed by atoms with Crippen LogP contribution in [0.2, 0.25) is 10.0 Å². The minimum Gasteiger partial charge on any atom is -0.493 e. The number of halogens is 2. The van der Waals surface area contributed by atoms with E-state index in [1.165, 1.54) is 0 Å². The van der Waals surface area contributed by atoms with E-state index < -0.39 is 0 Å². The van der Waals surface area contributed by atoms with Crippen LogP contribution in [0, 0.1) is 0 Å². The summed E-state index contributed by atoms with van der Waals surface area (Å²) in [7, 11) is 1.58. The van der Waals surface area contributed by atoms with Gasteiger partial charge < -0.3 is 19.7 Å². The summed E-state index contributed by atoms with van der Waals surface area (Å²) in [6.07, 6.45) is 3.88. The molecule has 0 spiro atoms. The van der Waals surface area contributed by atoms with E-state index in [9.17, 15) is 0 Å². The van der Waals surface area contributed by atoms with Crippen molar-refractivity contribution < 1.29 is 9.47 Å². The molecule has 0 bridgehead atoms. The van der Waals surface area contributed by atoms with Gasteiger partial charge in [0.2, 0.25) is 17.8 Å². The van der Waals surface area contributed by atoms with Crippen molar-refractivity contribution in [3.05, 3.63) is 87.9 Å². The highest BCUT2D eigenvalue weighted by Crippen LogP contribution is 2.31. The van der Waals surface area contributed by atoms with Crippen LogP contribution in [0.15, 0.2) is 71.8 Å². The largest absolute Gasteiger partial charge is 0.493 e. The second-order valence-electron chi connectivity index (χ2n) is 8.74. The van der Waals surface area contributed by atoms with E-state index in [2.05, 4.69) is 35.7 Å². The van der Waals surface area contributed by atoms with Crippen LogP contribution in [0.5, 0.6) is 11.5 Å². The van der Waals surface area contributed by atoms with E-state index in [0.717, 1.165) is 37.2 Å². The van der Waals surface area contributed by atoms with Crippen molar-refractivity contribution in [2.24, 2.45) is 5.10 Å². The molecule has 9 nitrogen and oxygen atoms in total. The number of para-hydroxylation sites is 1. The molecule has 1 aliphatic heterocycles. The smallest absolute Gasteiger partial charge is 0.250 e. The summed E-state index contributed by atoms with van der Waals surface area (Å²) in [5.41, 5.74) is 5.32. The molecule has 200 valence electrons. The Labute approximate surface area is 236 Å². The molecule has 0 aliphatic carbocycles. The number of hydrogen-bond acceptors (Lipinski definition) is 9. The molecule has 5 rings (SSSR count). The zero-order valence-corrected chi connectivity index (χ0v) is 22.8. The average Bonchev–Trinajstić information content (AvgIpc) is 3.49. The van der Waals surface area contributed by atoms with Gasteiger partial charge in [-0.1, -0.05) is 47.5 Å². The molecule has 0 atom stereocenters. The maximum Gasteiger partial charge on any atom is 0.250 e. The SMILES string of the molecule is COc1cc(/C=N\Nc2nc(Nc3ccccc3)nc(N3CCCC3)n2)ccc1OCc1c(Cl)cccc1Cl. The molecule has 11 heteroatoms. The zero-order valence-electron chi connectivity index (χ0n) is 21.3. The third-order valence-electron chi connectivity index (χ3n) is 6.04. The fourth-order valence-electron chi connectivity index (χ4n) is 4.05. The quantitative estimate of drug-likeness (QED) is 0.165. The maximum absolute atomic E-state index is 6.26. The monoisotopic (exact) mass is 563 g/mol. The molecule has 0 radical (unpaired) electrons. The summed E-state index contributed by atoms with van der Waals surface area (Å²) in [5.74, 6) is 2.50. The maximum atomic E-state index is 6.26. The van der Waals surface area contributed by atoms with Gasteiger partial charge in [-0.3, -0.25) is 0 Å². The Balaban J connectivity index is 1.29. The first kappa shape index (κ1) is 26.5. The summed E-state index contributed by atoms with van der Waals surface area (Å²) in [6, 6.07) is 20.6. The number of hydrazone groups is 1. The van der Waals surface area contributed by atoms with Crippen molar-refractivity contribution >= 4 is 52.9 Å². The van der Waals surface area contributed by atoms with Gasteiger partial charge >= 0.3 is 0 Å². The van der Waals surface area contributed by atoms with Gasteiger partial charge in [-0.2, -0.15) is 20.1 Å². The molecule has 2 N–H and O–H groups in total. The Bertz CT molecular complexity index is 1430. The van der Waals surface area contributed by atoms with Crippen LogP contribution in [-0.4, -0.2) is 41.4 Å². The molecule has 0 amide bonds. The van der Waals surface area contributed by atoms with Crippen molar-refractivity contribution in [3.63, 3.8) is 0 Å². The minimum absolute atomic E-state index is 0.210. The van der Waals surface area contributed by atoms with E-state index >= 15 is 0 Å². The number of benzene rings is 3. The normalized spacial score (nSPS) is 13.1. The van der Waals surface area contributed by atoms with Gasteiger partial charge in [-0.25, -0.2) is 5.43 Å². The summed E-state index contributed by atoms with van der Waals surface area (Å²) in [6.45, 7) is 2.03. The first-order valence-electron chi connectivity index (χ1n) is 12.4. The van der Waals surface area contributed by atoms with Crippen LogP contribution in [0.25, 0.3) is 0 Å². The van der Waals surface area contributed by atoms with E-state index in [1.54, 1.807) is 37.6 Å². The molecule has 3 aromatic carbocycles. The van der Waals surface area contributed by atoms with Gasteiger partial charge in [0.1, 0.15) is 6.61 Å². The van der Waals surface area contributed by atoms with E-state index in [-0.39, 0.29) is 6.61 Å². The van der Waals surface area contributed by atoms with Crippen LogP contribution in [-0.2, 0) is 6.61 Å². The third-order valence-corrected chi connectivity index (χ3v) is 6.75. The Morgan fingerprint density at radius 2 is 1.64 bits per heavy atom. The highest BCUT2D eigenvalue weighted by Gasteiger charge is 2.17. The molecular weight excluding hydrogens is 537 g/mol. The fraction of sp³-hybridized carbons (Fsp3) is 0.214. The van der Waals surface area contributed by atoms with Crippen LogP contribution < -0.4 is 25.1 Å². The number of nitrogens with zero attached hydrogens (tertiary/aromatic N) is 5. The lowest BCUT2D eigenvalue weighted by Crippen LogP contribution is -2.21. The first-order chi connectivity index (χ1) is 19.1. The number of ether oxygens (including phenoxy) is 2. The summed E-state index contributed by atoms with van der Waals surface area (Å²) in [4.78, 5) is 15.8. The number of rotatable bonds is 10. The van der Waals surface area contributed by atoms with Crippen molar-refractivity contribution in [3.8, 4) is 11.5 Å². The van der Waals surface area contributed by atoms with Crippen molar-refractivity contribution in [2.75, 3.05) is 35.8 Å². The highest BCUT2D eigenvalue weighted by atomic mass is 35.5. The number of aromatic nitrogens is 3. The van der Waals surface area contributed by atoms with Gasteiger partial charge in [0.15, 0.2) is 11.5 Å². The van der Waals surface area contributed by atoms with Crippen molar-refractivity contribution in [1.82, 2.24) is 15.0 Å². The molecule has 1 aromatic heterocycles. The molecule has 1 fully saturated rings. The van der Waals surface area contributed by atoms with Crippen LogP contribution in [0.3, 0.4) is 0 Å². The standard InChI is InChI=1S/C28H27Cl2N7O2/c1-38-25-16-19(12-13-24(25)39-18-21-22(29)10-7-11-23(21)30)17-31-36-27-33-26(32-20-8-3-2-4-9-20)34-28(35-27)37-14-5-6-15-37/h2-4,7-13,16-17H,5-6,14-15,18H2,1H3,(H2,32,33,34,35,36)/b31-17-. The Hall–Kier alpha value is -4.08. The lowest BCUT2D eigenvalue weighted by atomic mass is 10.2. The van der Waals surface area contributed by atoms with E-state index in [0.29, 0.717) is 45.0 Å². The zero-order chi connectivity index (χ0) is 27.0. The predicted octanol–water partition coefficient (Wildman–Crippen LogP) is 6.56. The van der Waals surface area contributed by atoms with Crippen LogP contribution in [0.1, 0.15) is 24.0 Å². The number of hydrogen-bond donors (Lipinski definition) is 2. The van der Waals surface area contributed by atoms with E-state index in [1.807, 2.05) is 42.5 Å². The van der Waals surface area contributed by atoms with Crippen LogP contribution in [0.4, 0.5) is 23.5 Å². The summed E-state index contributed by atoms with van der Waals surface area (Å²) < 4.78 is 11.5. The lowest BCUT2D eigenvalue weighted by Gasteiger charge is -2.16. The second-order valence-corrected chi connectivity index (χ2v) is 9.55. The van der Waals surface area contributed by atoms with Gasteiger partial charge in [-0.05, 0) is 60.9 Å².